The molecule has 1 aliphatic rings. The number of hydrogen-bond donors (Lipinski definition) is 0. The van der Waals surface area contributed by atoms with Crippen LogP contribution in [-0.2, 0) is 6.42 Å². The smallest absolute Gasteiger partial charge is 0.0547 e. The molecule has 45 heavy (non-hydrogen) atoms. The molecule has 5 aromatic carbocycles. The number of para-hydroxylation sites is 1. The predicted molar refractivity (Wildman–Crippen MR) is 193 cm³/mol. The van der Waals surface area contributed by atoms with Gasteiger partial charge in [0.2, 0.25) is 0 Å². The number of aryl methyl sites for hydroxylation is 1. The van der Waals surface area contributed by atoms with Crippen LogP contribution < -0.4 is 0 Å². The van der Waals surface area contributed by atoms with Crippen LogP contribution in [-0.4, -0.2) is 9.13 Å². The van der Waals surface area contributed by atoms with E-state index < -0.39 is 0 Å². The standard InChI is InChI=1S/C43H34N2/c1-3-5-14-30(4-2)32-23-25-38-36-19-9-11-21-40(36)44(42(38)27-32)34-17-13-18-35(29-34)45-41-22-12-10-20-37(41)39-26-24-33(28-43(39)45)31-15-7-6-8-16-31/h3-8,10-18,20-29H,1,9,19H2,2H3/b14-5-,30-4+. The van der Waals surface area contributed by atoms with Gasteiger partial charge in [0.15, 0.2) is 0 Å². The van der Waals surface area contributed by atoms with Gasteiger partial charge in [0.1, 0.15) is 0 Å². The molecule has 0 amide bonds. The summed E-state index contributed by atoms with van der Waals surface area (Å²) in [5, 5.41) is 3.86. The molecule has 2 heteroatoms. The third-order valence-electron chi connectivity index (χ3n) is 9.13. The van der Waals surface area contributed by atoms with E-state index >= 15 is 0 Å². The van der Waals surface area contributed by atoms with Crippen molar-refractivity contribution in [3.05, 3.63) is 169 Å². The van der Waals surface area contributed by atoms with Crippen LogP contribution in [0.15, 0.2) is 152 Å². The minimum absolute atomic E-state index is 1.05. The van der Waals surface area contributed by atoms with Gasteiger partial charge in [-0.15, -0.1) is 0 Å². The van der Waals surface area contributed by atoms with Gasteiger partial charge in [-0.05, 0) is 90.1 Å². The van der Waals surface area contributed by atoms with Crippen LogP contribution in [0.3, 0.4) is 0 Å². The summed E-state index contributed by atoms with van der Waals surface area (Å²) >= 11 is 0. The van der Waals surface area contributed by atoms with E-state index in [9.17, 15) is 0 Å². The third kappa shape index (κ3) is 4.49. The summed E-state index contributed by atoms with van der Waals surface area (Å²) in [4.78, 5) is 0. The molecule has 2 nitrogen and oxygen atoms in total. The Labute approximate surface area is 264 Å². The second-order valence-electron chi connectivity index (χ2n) is 11.7. The largest absolute Gasteiger partial charge is 0.309 e. The van der Waals surface area contributed by atoms with Gasteiger partial charge < -0.3 is 9.13 Å². The van der Waals surface area contributed by atoms with E-state index in [-0.39, 0.29) is 0 Å². The van der Waals surface area contributed by atoms with Crippen molar-refractivity contribution in [3.8, 4) is 22.5 Å². The molecule has 0 saturated carbocycles. The molecular formula is C43H34N2. The van der Waals surface area contributed by atoms with E-state index in [4.69, 9.17) is 0 Å². The zero-order valence-corrected chi connectivity index (χ0v) is 25.4. The minimum atomic E-state index is 1.05. The van der Waals surface area contributed by atoms with Crippen LogP contribution in [0.4, 0.5) is 0 Å². The first-order valence-electron chi connectivity index (χ1n) is 15.7. The summed E-state index contributed by atoms with van der Waals surface area (Å²) in [6, 6.07) is 42.2. The molecule has 0 atom stereocenters. The average Bonchev–Trinajstić information content (AvgIpc) is 3.61. The van der Waals surface area contributed by atoms with Crippen LogP contribution in [0.5, 0.6) is 0 Å². The Hall–Kier alpha value is -5.60. The molecule has 0 saturated heterocycles. The van der Waals surface area contributed by atoms with Crippen LogP contribution in [0.1, 0.15) is 30.2 Å². The van der Waals surface area contributed by atoms with Gasteiger partial charge in [0.05, 0.1) is 16.6 Å². The molecule has 216 valence electrons. The number of benzene rings is 5. The zero-order chi connectivity index (χ0) is 30.3. The second kappa shape index (κ2) is 11.2. The monoisotopic (exact) mass is 578 g/mol. The molecule has 0 fully saturated rings. The van der Waals surface area contributed by atoms with Crippen molar-refractivity contribution in [2.24, 2.45) is 0 Å². The lowest BCUT2D eigenvalue weighted by molar-refractivity contribution is 0.966. The summed E-state index contributed by atoms with van der Waals surface area (Å²) < 4.78 is 4.89. The van der Waals surface area contributed by atoms with E-state index in [0.717, 1.165) is 24.2 Å². The molecule has 2 aromatic heterocycles. The van der Waals surface area contributed by atoms with Crippen molar-refractivity contribution < 1.29 is 0 Å². The highest BCUT2D eigenvalue weighted by atomic mass is 15.0. The Morgan fingerprint density at radius 1 is 0.667 bits per heavy atom. The van der Waals surface area contributed by atoms with E-state index in [1.165, 1.54) is 66.2 Å². The van der Waals surface area contributed by atoms with Gasteiger partial charge in [-0.1, -0.05) is 116 Å². The van der Waals surface area contributed by atoms with Gasteiger partial charge in [0, 0.05) is 33.2 Å². The first-order chi connectivity index (χ1) is 22.2. The van der Waals surface area contributed by atoms with Gasteiger partial charge in [-0.3, -0.25) is 0 Å². The van der Waals surface area contributed by atoms with E-state index in [2.05, 4.69) is 162 Å². The minimum Gasteiger partial charge on any atom is -0.309 e. The molecule has 0 radical (unpaired) electrons. The fourth-order valence-electron chi connectivity index (χ4n) is 7.05. The molecule has 0 spiro atoms. The van der Waals surface area contributed by atoms with Crippen LogP contribution >= 0.6 is 0 Å². The molecule has 0 bridgehead atoms. The van der Waals surface area contributed by atoms with Crippen molar-refractivity contribution in [3.63, 3.8) is 0 Å². The van der Waals surface area contributed by atoms with Crippen LogP contribution in [0.25, 0.3) is 66.9 Å². The number of aromatic nitrogens is 2. The highest BCUT2D eigenvalue weighted by Gasteiger charge is 2.20. The maximum absolute atomic E-state index is 3.87. The van der Waals surface area contributed by atoms with Crippen molar-refractivity contribution >= 4 is 44.4 Å². The fourth-order valence-corrected chi connectivity index (χ4v) is 7.05. The molecule has 0 aliphatic heterocycles. The molecule has 1 aliphatic carbocycles. The second-order valence-corrected chi connectivity index (χ2v) is 11.7. The Morgan fingerprint density at radius 2 is 1.42 bits per heavy atom. The van der Waals surface area contributed by atoms with Crippen LogP contribution in [0.2, 0.25) is 0 Å². The number of hydrogen-bond acceptors (Lipinski definition) is 0. The molecule has 8 rings (SSSR count). The lowest BCUT2D eigenvalue weighted by Crippen LogP contribution is -2.02. The summed E-state index contributed by atoms with van der Waals surface area (Å²) in [6.45, 7) is 5.96. The molecule has 2 heterocycles. The highest BCUT2D eigenvalue weighted by Crippen LogP contribution is 2.38. The molecule has 0 unspecified atom stereocenters. The normalized spacial score (nSPS) is 13.3. The van der Waals surface area contributed by atoms with Crippen LogP contribution in [0, 0.1) is 0 Å². The maximum Gasteiger partial charge on any atom is 0.0547 e. The molecular weight excluding hydrogens is 544 g/mol. The number of rotatable bonds is 6. The maximum atomic E-state index is 3.87. The lowest BCUT2D eigenvalue weighted by atomic mass is 9.98. The summed E-state index contributed by atoms with van der Waals surface area (Å²) in [6.07, 6.45) is 14.9. The predicted octanol–water partition coefficient (Wildman–Crippen LogP) is 11.5. The van der Waals surface area contributed by atoms with Crippen molar-refractivity contribution in [2.75, 3.05) is 0 Å². The first-order valence-corrected chi connectivity index (χ1v) is 15.7. The number of allylic oxidation sites excluding steroid dienone is 6. The zero-order valence-electron chi connectivity index (χ0n) is 25.4. The average molecular weight is 579 g/mol. The first kappa shape index (κ1) is 27.0. The summed E-state index contributed by atoms with van der Waals surface area (Å²) in [5.74, 6) is 0. The van der Waals surface area contributed by atoms with E-state index in [0.29, 0.717) is 0 Å². The van der Waals surface area contributed by atoms with Gasteiger partial charge in [-0.2, -0.15) is 0 Å². The topological polar surface area (TPSA) is 9.86 Å². The van der Waals surface area contributed by atoms with Crippen molar-refractivity contribution in [1.29, 1.82) is 0 Å². The fraction of sp³-hybridized carbons (Fsp3) is 0.0698. The highest BCUT2D eigenvalue weighted by molar-refractivity contribution is 6.10. The van der Waals surface area contributed by atoms with E-state index in [1.54, 1.807) is 0 Å². The van der Waals surface area contributed by atoms with Gasteiger partial charge in [-0.25, -0.2) is 0 Å². The summed E-state index contributed by atoms with van der Waals surface area (Å²) in [7, 11) is 0. The number of fused-ring (bicyclic) bond motifs is 6. The third-order valence-corrected chi connectivity index (χ3v) is 9.13. The molecule has 7 aromatic rings. The SMILES string of the molecule is C=C/C=C\C(=C/C)c1ccc2c3c(n(-c4cccc(-n5c6ccccc6c6ccc(-c7ccccc7)cc65)c4)c2c1)C=CCC3. The Kier molecular flexibility index (Phi) is 6.69. The van der Waals surface area contributed by atoms with Gasteiger partial charge in [0.25, 0.3) is 0 Å². The Morgan fingerprint density at radius 3 is 2.27 bits per heavy atom. The van der Waals surface area contributed by atoms with Gasteiger partial charge >= 0.3 is 0 Å². The van der Waals surface area contributed by atoms with Crippen molar-refractivity contribution in [2.45, 2.75) is 19.8 Å². The number of nitrogens with zero attached hydrogens (tertiary/aromatic N) is 2. The Balaban J connectivity index is 1.36. The summed E-state index contributed by atoms with van der Waals surface area (Å²) in [5.41, 5.74) is 13.5. The van der Waals surface area contributed by atoms with Crippen molar-refractivity contribution in [1.82, 2.24) is 9.13 Å². The Bertz CT molecular complexity index is 2340. The molecule has 0 N–H and O–H groups in total. The quantitative estimate of drug-likeness (QED) is 0.174. The lowest BCUT2D eigenvalue weighted by Gasteiger charge is -2.15. The van der Waals surface area contributed by atoms with E-state index in [1.807, 2.05) is 12.2 Å².